The number of ether oxygens (including phenoxy) is 3. The lowest BCUT2D eigenvalue weighted by Crippen LogP contribution is -2.38. The third-order valence-corrected chi connectivity index (χ3v) is 7.85. The highest BCUT2D eigenvalue weighted by Gasteiger charge is 2.26. The molecule has 2 aromatic rings. The van der Waals surface area contributed by atoms with Crippen LogP contribution in [0.2, 0.25) is 0 Å². The van der Waals surface area contributed by atoms with Crippen LogP contribution >= 0.6 is 0 Å². The van der Waals surface area contributed by atoms with E-state index in [-0.39, 0.29) is 12.8 Å². The zero-order chi connectivity index (χ0) is 29.1. The number of aromatic amines is 1. The Bertz CT molecular complexity index is 1100. The Hall–Kier alpha value is -3.22. The van der Waals surface area contributed by atoms with Crippen LogP contribution in [0.5, 0.6) is 5.75 Å². The van der Waals surface area contributed by atoms with Crippen LogP contribution in [-0.2, 0) is 14.3 Å². The molecule has 0 atom stereocenters. The number of aromatic nitrogens is 1. The van der Waals surface area contributed by atoms with Gasteiger partial charge in [0.1, 0.15) is 5.75 Å². The maximum atomic E-state index is 12.5. The van der Waals surface area contributed by atoms with Crippen LogP contribution in [-0.4, -0.2) is 48.9 Å². The first-order valence-corrected chi connectivity index (χ1v) is 15.6. The minimum atomic E-state index is -0.422. The van der Waals surface area contributed by atoms with Crippen molar-refractivity contribution in [1.82, 2.24) is 9.88 Å². The van der Waals surface area contributed by atoms with Crippen molar-refractivity contribution in [1.29, 1.82) is 0 Å². The van der Waals surface area contributed by atoms with E-state index in [1.54, 1.807) is 12.0 Å². The highest BCUT2D eigenvalue weighted by Crippen LogP contribution is 2.34. The Morgan fingerprint density at radius 1 is 0.927 bits per heavy atom. The van der Waals surface area contributed by atoms with E-state index >= 15 is 0 Å². The predicted molar refractivity (Wildman–Crippen MR) is 165 cm³/mol. The van der Waals surface area contributed by atoms with Gasteiger partial charge in [0.25, 0.3) is 0 Å². The number of likely N-dealkylation sites (tertiary alicyclic amines) is 1. The van der Waals surface area contributed by atoms with E-state index in [0.717, 1.165) is 56.2 Å². The number of hydrogen-bond donors (Lipinski definition) is 1. The molecule has 1 N–H and O–H groups in total. The topological polar surface area (TPSA) is 80.9 Å². The molecule has 0 radical (unpaired) electrons. The van der Waals surface area contributed by atoms with Gasteiger partial charge in [0, 0.05) is 36.6 Å². The SMILES string of the molecule is CCCCC/C=C\C/C=C\CCCCCCCC(=O)OCOC(=O)N1CCC(c2c[nH]c3ccc(OC)cc23)CC1. The Morgan fingerprint density at radius 2 is 1.63 bits per heavy atom. The van der Waals surface area contributed by atoms with E-state index in [1.807, 2.05) is 12.1 Å². The number of piperidine rings is 1. The molecule has 7 heteroatoms. The molecule has 0 unspecified atom stereocenters. The highest BCUT2D eigenvalue weighted by atomic mass is 16.7. The number of H-pyrrole nitrogens is 1. The van der Waals surface area contributed by atoms with Gasteiger partial charge in [-0.15, -0.1) is 0 Å². The summed E-state index contributed by atoms with van der Waals surface area (Å²) in [5, 5.41) is 1.17. The number of benzene rings is 1. The van der Waals surface area contributed by atoms with Gasteiger partial charge in [-0.2, -0.15) is 0 Å². The molecular weight excluding hydrogens is 516 g/mol. The number of esters is 1. The number of nitrogens with zero attached hydrogens (tertiary/aromatic N) is 1. The van der Waals surface area contributed by atoms with Gasteiger partial charge in [-0.25, -0.2) is 4.79 Å². The van der Waals surface area contributed by atoms with Crippen LogP contribution in [0.3, 0.4) is 0 Å². The van der Waals surface area contributed by atoms with Gasteiger partial charge in [-0.3, -0.25) is 4.79 Å². The van der Waals surface area contributed by atoms with Crippen molar-refractivity contribution in [3.05, 3.63) is 54.3 Å². The fourth-order valence-electron chi connectivity index (χ4n) is 5.35. The highest BCUT2D eigenvalue weighted by molar-refractivity contribution is 5.85. The molecule has 1 aliphatic rings. The minimum Gasteiger partial charge on any atom is -0.497 e. The number of hydrogen-bond acceptors (Lipinski definition) is 5. The van der Waals surface area contributed by atoms with E-state index in [9.17, 15) is 9.59 Å². The van der Waals surface area contributed by atoms with Crippen molar-refractivity contribution in [2.24, 2.45) is 0 Å². The molecular formula is C34H50N2O5. The summed E-state index contributed by atoms with van der Waals surface area (Å²) >= 11 is 0. The van der Waals surface area contributed by atoms with Gasteiger partial charge in [0.2, 0.25) is 6.79 Å². The van der Waals surface area contributed by atoms with Crippen LogP contribution in [0.1, 0.15) is 108 Å². The molecule has 1 aliphatic heterocycles. The van der Waals surface area contributed by atoms with Crippen molar-refractivity contribution in [3.8, 4) is 5.75 Å². The molecule has 0 saturated carbocycles. The van der Waals surface area contributed by atoms with Gasteiger partial charge < -0.3 is 24.1 Å². The van der Waals surface area contributed by atoms with E-state index in [1.165, 1.54) is 49.5 Å². The average molecular weight is 567 g/mol. The number of amides is 1. The molecule has 226 valence electrons. The molecule has 1 aromatic heterocycles. The third kappa shape index (κ3) is 11.7. The molecule has 1 amide bonds. The molecule has 1 saturated heterocycles. The third-order valence-electron chi connectivity index (χ3n) is 7.85. The zero-order valence-corrected chi connectivity index (χ0v) is 25.2. The number of unbranched alkanes of at least 4 members (excludes halogenated alkanes) is 8. The van der Waals surface area contributed by atoms with Gasteiger partial charge in [-0.05, 0) is 81.0 Å². The summed E-state index contributed by atoms with van der Waals surface area (Å²) in [7, 11) is 1.67. The predicted octanol–water partition coefficient (Wildman–Crippen LogP) is 8.81. The van der Waals surface area contributed by atoms with E-state index in [2.05, 4.69) is 48.5 Å². The Labute approximate surface area is 246 Å². The standard InChI is InChI=1S/C34H50N2O5/c1-3-4-5-6-7-8-9-10-11-12-13-14-15-16-17-18-33(37)40-27-41-34(38)36-23-21-28(22-24-36)31-26-35-32-20-19-29(39-2)25-30(31)32/h7-8,10-11,19-20,25-26,28,35H,3-6,9,12-18,21-24,27H2,1-2H3/b8-7-,11-10-. The summed E-state index contributed by atoms with van der Waals surface area (Å²) in [6.07, 6.45) is 25.3. The first-order chi connectivity index (χ1) is 20.1. The number of nitrogens with one attached hydrogen (secondary N) is 1. The van der Waals surface area contributed by atoms with Crippen LogP contribution in [0.4, 0.5) is 4.79 Å². The maximum Gasteiger partial charge on any atom is 0.412 e. The van der Waals surface area contributed by atoms with E-state index < -0.39 is 6.09 Å². The summed E-state index contributed by atoms with van der Waals surface area (Å²) in [5.74, 6) is 0.892. The van der Waals surface area contributed by atoms with E-state index in [4.69, 9.17) is 14.2 Å². The molecule has 41 heavy (non-hydrogen) atoms. The number of rotatable bonds is 18. The molecule has 1 aromatic carbocycles. The fourth-order valence-corrected chi connectivity index (χ4v) is 5.35. The lowest BCUT2D eigenvalue weighted by Gasteiger charge is -2.31. The second kappa shape index (κ2) is 19.0. The van der Waals surface area contributed by atoms with Crippen molar-refractivity contribution < 1.29 is 23.8 Å². The van der Waals surface area contributed by atoms with Crippen molar-refractivity contribution in [3.63, 3.8) is 0 Å². The van der Waals surface area contributed by atoms with E-state index in [0.29, 0.717) is 25.4 Å². The second-order valence-corrected chi connectivity index (χ2v) is 10.9. The van der Waals surface area contributed by atoms with Crippen molar-refractivity contribution in [2.75, 3.05) is 27.0 Å². The summed E-state index contributed by atoms with van der Waals surface area (Å²) in [5.41, 5.74) is 2.35. The van der Waals surface area contributed by atoms with Crippen molar-refractivity contribution >= 4 is 23.0 Å². The molecule has 3 rings (SSSR count). The minimum absolute atomic E-state index is 0.308. The normalized spacial score (nSPS) is 14.3. The summed E-state index contributed by atoms with van der Waals surface area (Å²) in [6, 6.07) is 6.04. The lowest BCUT2D eigenvalue weighted by molar-refractivity contribution is -0.152. The maximum absolute atomic E-state index is 12.5. The molecule has 2 heterocycles. The first kappa shape index (κ1) is 32.3. The number of carbonyl (C=O) groups excluding carboxylic acids is 2. The monoisotopic (exact) mass is 566 g/mol. The largest absolute Gasteiger partial charge is 0.497 e. The van der Waals surface area contributed by atoms with Crippen molar-refractivity contribution in [2.45, 2.75) is 103 Å². The number of methoxy groups -OCH3 is 1. The number of fused-ring (bicyclic) bond motifs is 1. The zero-order valence-electron chi connectivity index (χ0n) is 25.2. The Balaban J connectivity index is 1.18. The van der Waals surface area contributed by atoms with Gasteiger partial charge in [0.15, 0.2) is 0 Å². The average Bonchev–Trinajstić information content (AvgIpc) is 3.42. The molecule has 0 spiro atoms. The molecule has 0 bridgehead atoms. The summed E-state index contributed by atoms with van der Waals surface area (Å²) in [4.78, 5) is 29.5. The van der Waals surface area contributed by atoms with Crippen LogP contribution in [0.25, 0.3) is 10.9 Å². The first-order valence-electron chi connectivity index (χ1n) is 15.6. The fraction of sp³-hybridized carbons (Fsp3) is 0.588. The lowest BCUT2D eigenvalue weighted by atomic mass is 9.89. The number of carbonyl (C=O) groups is 2. The summed E-state index contributed by atoms with van der Waals surface area (Å²) < 4.78 is 15.7. The second-order valence-electron chi connectivity index (χ2n) is 10.9. The van der Waals surface area contributed by atoms with Gasteiger partial charge in [-0.1, -0.05) is 63.3 Å². The Kier molecular flexibility index (Phi) is 15.0. The number of allylic oxidation sites excluding steroid dienone is 4. The van der Waals surface area contributed by atoms with Crippen LogP contribution in [0.15, 0.2) is 48.7 Å². The quantitative estimate of drug-likeness (QED) is 0.0844. The van der Waals surface area contributed by atoms with Gasteiger partial charge >= 0.3 is 12.1 Å². The molecule has 7 nitrogen and oxygen atoms in total. The van der Waals surface area contributed by atoms with Crippen LogP contribution < -0.4 is 4.74 Å². The summed E-state index contributed by atoms with van der Waals surface area (Å²) in [6.45, 7) is 3.14. The smallest absolute Gasteiger partial charge is 0.412 e. The molecule has 0 aliphatic carbocycles. The molecule has 1 fully saturated rings. The Morgan fingerprint density at radius 3 is 2.37 bits per heavy atom. The van der Waals surface area contributed by atoms with Crippen LogP contribution in [0, 0.1) is 0 Å². The van der Waals surface area contributed by atoms with Gasteiger partial charge in [0.05, 0.1) is 7.11 Å².